The van der Waals surface area contributed by atoms with Crippen molar-refractivity contribution in [2.24, 2.45) is 0 Å². The van der Waals surface area contributed by atoms with Gasteiger partial charge in [-0.05, 0) is 37.3 Å². The van der Waals surface area contributed by atoms with Crippen LogP contribution < -0.4 is 10.3 Å². The molecule has 0 saturated heterocycles. The molecule has 6 nitrogen and oxygen atoms in total. The third kappa shape index (κ3) is 5.02. The number of aromatic nitrogens is 2. The van der Waals surface area contributed by atoms with Gasteiger partial charge in [-0.2, -0.15) is 5.10 Å². The third-order valence-electron chi connectivity index (χ3n) is 5.52. The van der Waals surface area contributed by atoms with E-state index in [0.29, 0.717) is 28.8 Å². The number of aliphatic hydroxyl groups excluding tert-OH is 1. The molecule has 1 heterocycles. The topological polar surface area (TPSA) is 81.4 Å². The number of nitrogens with zero attached hydrogens (tertiary/aromatic N) is 2. The van der Waals surface area contributed by atoms with Crippen molar-refractivity contribution in [3.05, 3.63) is 94.3 Å². The van der Waals surface area contributed by atoms with Crippen molar-refractivity contribution in [3.8, 4) is 17.0 Å². The number of rotatable bonds is 8. The van der Waals surface area contributed by atoms with Gasteiger partial charge in [-0.3, -0.25) is 9.59 Å². The van der Waals surface area contributed by atoms with Gasteiger partial charge in [0.2, 0.25) is 0 Å². The van der Waals surface area contributed by atoms with Crippen LogP contribution in [0.1, 0.15) is 29.3 Å². The Bertz CT molecular complexity index is 1330. The molecule has 4 rings (SSSR count). The number of carbonyl (C=O) groups is 1. The van der Waals surface area contributed by atoms with Gasteiger partial charge < -0.3 is 9.84 Å². The smallest absolute Gasteiger partial charge is 0.274 e. The Labute approximate surface area is 192 Å². The van der Waals surface area contributed by atoms with Gasteiger partial charge in [0.15, 0.2) is 5.78 Å². The largest absolute Gasteiger partial charge is 0.491 e. The number of Topliss-reactive ketones (excluding diaryl/α,β-unsaturated/α-hetero) is 1. The van der Waals surface area contributed by atoms with Crippen LogP contribution in [0, 0.1) is 6.92 Å². The number of hydrogen-bond donors (Lipinski definition) is 1. The fourth-order valence-electron chi connectivity index (χ4n) is 3.67. The minimum Gasteiger partial charge on any atom is -0.491 e. The van der Waals surface area contributed by atoms with E-state index >= 15 is 0 Å². The Morgan fingerprint density at radius 3 is 2.33 bits per heavy atom. The van der Waals surface area contributed by atoms with Crippen molar-refractivity contribution in [2.45, 2.75) is 32.9 Å². The maximum absolute atomic E-state index is 13.0. The van der Waals surface area contributed by atoms with E-state index in [-0.39, 0.29) is 24.5 Å². The first-order chi connectivity index (χ1) is 16.0. The summed E-state index contributed by atoms with van der Waals surface area (Å²) < 4.78 is 6.96. The van der Waals surface area contributed by atoms with Crippen LogP contribution in [-0.2, 0) is 6.54 Å². The summed E-state index contributed by atoms with van der Waals surface area (Å²) in [4.78, 5) is 24.8. The summed E-state index contributed by atoms with van der Waals surface area (Å²) in [5.74, 6) is 0.605. The summed E-state index contributed by atoms with van der Waals surface area (Å²) in [6.07, 6.45) is -0.504. The minimum atomic E-state index is -0.945. The number of aryl methyl sites for hydroxylation is 1. The number of ether oxygens (including phenoxy) is 1. The lowest BCUT2D eigenvalue weighted by molar-refractivity contribution is 0.0881. The first kappa shape index (κ1) is 22.4. The van der Waals surface area contributed by atoms with Crippen LogP contribution in [0.3, 0.4) is 0 Å². The van der Waals surface area contributed by atoms with Gasteiger partial charge in [-0.15, -0.1) is 0 Å². The average Bonchev–Trinajstić information content (AvgIpc) is 2.85. The molecule has 0 unspecified atom stereocenters. The summed E-state index contributed by atoms with van der Waals surface area (Å²) in [7, 11) is 0. The molecule has 0 spiro atoms. The van der Waals surface area contributed by atoms with E-state index in [0.717, 1.165) is 16.5 Å². The van der Waals surface area contributed by atoms with Gasteiger partial charge in [0.25, 0.3) is 5.56 Å². The molecule has 168 valence electrons. The van der Waals surface area contributed by atoms with E-state index in [4.69, 9.17) is 4.74 Å². The molecule has 33 heavy (non-hydrogen) atoms. The van der Waals surface area contributed by atoms with Crippen LogP contribution in [-0.4, -0.2) is 33.4 Å². The van der Waals surface area contributed by atoms with Crippen LogP contribution >= 0.6 is 0 Å². The molecule has 4 aromatic rings. The quantitative estimate of drug-likeness (QED) is 0.409. The molecule has 1 aromatic heterocycles. The van der Waals surface area contributed by atoms with Crippen molar-refractivity contribution >= 4 is 16.6 Å². The van der Waals surface area contributed by atoms with E-state index < -0.39 is 6.10 Å². The summed E-state index contributed by atoms with van der Waals surface area (Å²) in [6.45, 7) is 3.81. The monoisotopic (exact) mass is 442 g/mol. The molecule has 1 N–H and O–H groups in total. The van der Waals surface area contributed by atoms with Gasteiger partial charge in [0, 0.05) is 22.9 Å². The van der Waals surface area contributed by atoms with Crippen LogP contribution in [0.15, 0.2) is 77.6 Å². The maximum Gasteiger partial charge on any atom is 0.274 e. The van der Waals surface area contributed by atoms with Gasteiger partial charge >= 0.3 is 0 Å². The summed E-state index contributed by atoms with van der Waals surface area (Å²) in [5.41, 5.74) is 3.09. The predicted octanol–water partition coefficient (Wildman–Crippen LogP) is 4.40. The normalized spacial score (nSPS) is 12.0. The third-order valence-corrected chi connectivity index (χ3v) is 5.52. The maximum atomic E-state index is 13.0. The van der Waals surface area contributed by atoms with Crippen LogP contribution in [0.2, 0.25) is 0 Å². The first-order valence-electron chi connectivity index (χ1n) is 11.0. The van der Waals surface area contributed by atoms with Crippen molar-refractivity contribution in [2.75, 3.05) is 6.61 Å². The van der Waals surface area contributed by atoms with Gasteiger partial charge in [-0.1, -0.05) is 55.0 Å². The minimum absolute atomic E-state index is 0.00503. The second kappa shape index (κ2) is 9.79. The van der Waals surface area contributed by atoms with Crippen LogP contribution in [0.4, 0.5) is 0 Å². The molecule has 0 amide bonds. The molecule has 3 aromatic carbocycles. The molecule has 0 radical (unpaired) electrons. The number of carbonyl (C=O) groups excluding carboxylic acids is 1. The number of ketones is 1. The number of hydrogen-bond acceptors (Lipinski definition) is 5. The lowest BCUT2D eigenvalue weighted by Crippen LogP contribution is -2.32. The fourth-order valence-corrected chi connectivity index (χ4v) is 3.67. The highest BCUT2D eigenvalue weighted by Crippen LogP contribution is 2.25. The van der Waals surface area contributed by atoms with E-state index in [2.05, 4.69) is 5.10 Å². The van der Waals surface area contributed by atoms with E-state index in [1.165, 1.54) is 4.68 Å². The van der Waals surface area contributed by atoms with Crippen molar-refractivity contribution in [1.82, 2.24) is 9.78 Å². The first-order valence-corrected chi connectivity index (χ1v) is 11.0. The van der Waals surface area contributed by atoms with Crippen molar-refractivity contribution in [3.63, 3.8) is 0 Å². The Morgan fingerprint density at radius 1 is 1.00 bits per heavy atom. The van der Waals surface area contributed by atoms with Crippen LogP contribution in [0.25, 0.3) is 22.0 Å². The van der Waals surface area contributed by atoms with Crippen molar-refractivity contribution in [1.29, 1.82) is 0 Å². The Morgan fingerprint density at radius 2 is 1.67 bits per heavy atom. The Balaban J connectivity index is 1.55. The molecular formula is C27H26N2O4. The predicted molar refractivity (Wildman–Crippen MR) is 129 cm³/mol. The molecule has 0 aliphatic heterocycles. The standard InChI is InChI=1S/C27H26N2O4/c1-3-25(31)19-12-14-22(15-13-19)33-17-21(30)16-29-27(32)24-7-5-4-6-23(24)26(28-29)20-10-8-18(2)9-11-20/h4-15,21,30H,3,16-17H2,1-2H3/t21-/m1/s1. The van der Waals surface area contributed by atoms with E-state index in [1.54, 1.807) is 30.3 Å². The Kier molecular flexibility index (Phi) is 6.66. The molecule has 1 atom stereocenters. The highest BCUT2D eigenvalue weighted by atomic mass is 16.5. The molecule has 0 aliphatic carbocycles. The van der Waals surface area contributed by atoms with Gasteiger partial charge in [0.05, 0.1) is 17.6 Å². The lowest BCUT2D eigenvalue weighted by atomic mass is 10.0. The van der Waals surface area contributed by atoms with E-state index in [9.17, 15) is 14.7 Å². The molecule has 0 saturated carbocycles. The van der Waals surface area contributed by atoms with E-state index in [1.807, 2.05) is 56.3 Å². The van der Waals surface area contributed by atoms with Crippen LogP contribution in [0.5, 0.6) is 5.75 Å². The SMILES string of the molecule is CCC(=O)c1ccc(OC[C@H](O)Cn2nc(-c3ccc(C)cc3)c3ccccc3c2=O)cc1. The number of aliphatic hydroxyl groups is 1. The zero-order chi connectivity index (χ0) is 23.4. The molecule has 0 aliphatic rings. The highest BCUT2D eigenvalue weighted by Gasteiger charge is 2.15. The number of benzene rings is 3. The number of fused-ring (bicyclic) bond motifs is 1. The molecule has 6 heteroatoms. The zero-order valence-corrected chi connectivity index (χ0v) is 18.7. The summed E-state index contributed by atoms with van der Waals surface area (Å²) >= 11 is 0. The van der Waals surface area contributed by atoms with Gasteiger partial charge in [0.1, 0.15) is 18.5 Å². The molecule has 0 bridgehead atoms. The average molecular weight is 443 g/mol. The second-order valence-electron chi connectivity index (χ2n) is 8.01. The zero-order valence-electron chi connectivity index (χ0n) is 18.7. The Hall–Kier alpha value is -3.77. The fraction of sp³-hybridized carbons (Fsp3) is 0.222. The summed E-state index contributed by atoms with van der Waals surface area (Å²) in [5, 5.41) is 16.5. The lowest BCUT2D eigenvalue weighted by Gasteiger charge is -2.16. The molecule has 0 fully saturated rings. The highest BCUT2D eigenvalue weighted by molar-refractivity contribution is 5.96. The molecular weight excluding hydrogens is 416 g/mol. The summed E-state index contributed by atoms with van der Waals surface area (Å²) in [6, 6.07) is 22.1. The second-order valence-corrected chi connectivity index (χ2v) is 8.01. The van der Waals surface area contributed by atoms with Crippen molar-refractivity contribution < 1.29 is 14.6 Å². The van der Waals surface area contributed by atoms with Gasteiger partial charge in [-0.25, -0.2) is 4.68 Å².